The van der Waals surface area contributed by atoms with E-state index in [0.717, 1.165) is 16.9 Å². The first-order valence-electron chi connectivity index (χ1n) is 7.86. The first-order valence-corrected chi connectivity index (χ1v) is 7.86. The Morgan fingerprint density at radius 1 is 1.24 bits per heavy atom. The number of ether oxygens (including phenoxy) is 1. The lowest BCUT2D eigenvalue weighted by Crippen LogP contribution is -2.26. The monoisotopic (exact) mass is 340 g/mol. The van der Waals surface area contributed by atoms with Crippen molar-refractivity contribution in [1.82, 2.24) is 5.32 Å². The highest BCUT2D eigenvalue weighted by Crippen LogP contribution is 2.18. The summed E-state index contributed by atoms with van der Waals surface area (Å²) >= 11 is 0. The number of carbonyl (C=O) groups is 1. The van der Waals surface area contributed by atoms with Gasteiger partial charge >= 0.3 is 0 Å². The second kappa shape index (κ2) is 8.63. The van der Waals surface area contributed by atoms with Crippen molar-refractivity contribution in [3.05, 3.63) is 75.3 Å². The number of hydrogen-bond donors (Lipinski definition) is 1. The molecule has 0 radical (unpaired) electrons. The number of nitrogens with one attached hydrogen (secondary N) is 1. The van der Waals surface area contributed by atoms with Gasteiger partial charge in [0.25, 0.3) is 5.69 Å². The minimum absolute atomic E-state index is 0.00974. The van der Waals surface area contributed by atoms with Gasteiger partial charge in [0.2, 0.25) is 5.91 Å². The summed E-state index contributed by atoms with van der Waals surface area (Å²) in [5.74, 6) is 0.525. The van der Waals surface area contributed by atoms with E-state index in [1.807, 2.05) is 32.0 Å². The Labute approximate surface area is 146 Å². The van der Waals surface area contributed by atoms with Gasteiger partial charge in [-0.1, -0.05) is 24.3 Å². The summed E-state index contributed by atoms with van der Waals surface area (Å²) < 4.78 is 5.66. The Morgan fingerprint density at radius 2 is 2.04 bits per heavy atom. The third-order valence-corrected chi connectivity index (χ3v) is 3.51. The molecule has 0 saturated carbocycles. The molecule has 6 nitrogen and oxygen atoms in total. The molecule has 2 rings (SSSR count). The van der Waals surface area contributed by atoms with Gasteiger partial charge in [-0.2, -0.15) is 0 Å². The van der Waals surface area contributed by atoms with Crippen LogP contribution in [0.4, 0.5) is 5.69 Å². The molecule has 0 unspecified atom stereocenters. The zero-order valence-corrected chi connectivity index (χ0v) is 14.2. The van der Waals surface area contributed by atoms with E-state index in [1.54, 1.807) is 12.1 Å². The van der Waals surface area contributed by atoms with E-state index in [-0.39, 0.29) is 11.6 Å². The summed E-state index contributed by atoms with van der Waals surface area (Å²) in [6, 6.07) is 12.1. The van der Waals surface area contributed by atoms with Crippen LogP contribution in [0.5, 0.6) is 5.75 Å². The van der Waals surface area contributed by atoms with Crippen LogP contribution in [0.2, 0.25) is 0 Å². The Balaban J connectivity index is 1.80. The quantitative estimate of drug-likeness (QED) is 0.362. The fourth-order valence-corrected chi connectivity index (χ4v) is 2.17. The number of amides is 1. The van der Waals surface area contributed by atoms with Crippen LogP contribution in [-0.2, 0) is 4.79 Å². The fraction of sp³-hybridized carbons (Fsp3) is 0.211. The third-order valence-electron chi connectivity index (χ3n) is 3.51. The summed E-state index contributed by atoms with van der Waals surface area (Å²) in [5.41, 5.74) is 2.74. The summed E-state index contributed by atoms with van der Waals surface area (Å²) in [6.45, 7) is 4.69. The predicted octanol–water partition coefficient (Wildman–Crippen LogP) is 3.42. The fourth-order valence-electron chi connectivity index (χ4n) is 2.17. The summed E-state index contributed by atoms with van der Waals surface area (Å²) in [5, 5.41) is 13.4. The van der Waals surface area contributed by atoms with E-state index in [0.29, 0.717) is 18.7 Å². The number of hydrogen-bond acceptors (Lipinski definition) is 4. The van der Waals surface area contributed by atoms with Crippen LogP contribution in [0, 0.1) is 24.0 Å². The molecule has 2 aromatic rings. The highest BCUT2D eigenvalue weighted by molar-refractivity contribution is 5.91. The van der Waals surface area contributed by atoms with Crippen LogP contribution in [0.15, 0.2) is 48.5 Å². The second-order valence-electron chi connectivity index (χ2n) is 5.59. The molecule has 0 bridgehead atoms. The molecule has 0 fully saturated rings. The first-order chi connectivity index (χ1) is 12.0. The minimum Gasteiger partial charge on any atom is -0.491 e. The maximum absolute atomic E-state index is 11.8. The number of carbonyl (C=O) groups excluding carboxylic acids is 1. The summed E-state index contributed by atoms with van der Waals surface area (Å²) in [7, 11) is 0. The SMILES string of the molecule is Cc1ccc(C)c(OCCNC(=O)/C=C/c2cccc([N+](=O)[O-])c2)c1. The van der Waals surface area contributed by atoms with Gasteiger partial charge in [0.05, 0.1) is 11.5 Å². The van der Waals surface area contributed by atoms with Crippen LogP contribution in [0.1, 0.15) is 16.7 Å². The molecular weight excluding hydrogens is 320 g/mol. The normalized spacial score (nSPS) is 10.6. The molecule has 0 spiro atoms. The highest BCUT2D eigenvalue weighted by atomic mass is 16.6. The smallest absolute Gasteiger partial charge is 0.270 e. The first kappa shape index (κ1) is 18.2. The van der Waals surface area contributed by atoms with E-state index in [1.165, 1.54) is 24.3 Å². The molecule has 0 aliphatic carbocycles. The van der Waals surface area contributed by atoms with Crippen LogP contribution >= 0.6 is 0 Å². The molecule has 0 atom stereocenters. The van der Waals surface area contributed by atoms with Gasteiger partial charge in [-0.15, -0.1) is 0 Å². The molecule has 1 amide bonds. The van der Waals surface area contributed by atoms with Crippen molar-refractivity contribution in [2.24, 2.45) is 0 Å². The molecule has 0 aromatic heterocycles. The van der Waals surface area contributed by atoms with Gasteiger partial charge in [0.1, 0.15) is 12.4 Å². The predicted molar refractivity (Wildman–Crippen MR) is 96.6 cm³/mol. The maximum Gasteiger partial charge on any atom is 0.270 e. The van der Waals surface area contributed by atoms with Gasteiger partial charge in [0.15, 0.2) is 0 Å². The van der Waals surface area contributed by atoms with E-state index in [2.05, 4.69) is 5.32 Å². The molecular formula is C19H20N2O4. The van der Waals surface area contributed by atoms with Crippen molar-refractivity contribution in [3.8, 4) is 5.75 Å². The van der Waals surface area contributed by atoms with Crippen molar-refractivity contribution < 1.29 is 14.5 Å². The maximum atomic E-state index is 11.8. The number of nitrogens with zero attached hydrogens (tertiary/aromatic N) is 1. The second-order valence-corrected chi connectivity index (χ2v) is 5.59. The highest BCUT2D eigenvalue weighted by Gasteiger charge is 2.04. The van der Waals surface area contributed by atoms with Crippen LogP contribution in [0.3, 0.4) is 0 Å². The lowest BCUT2D eigenvalue weighted by molar-refractivity contribution is -0.384. The van der Waals surface area contributed by atoms with E-state index in [9.17, 15) is 14.9 Å². The average molecular weight is 340 g/mol. The van der Waals surface area contributed by atoms with Gasteiger partial charge in [0, 0.05) is 18.2 Å². The Morgan fingerprint density at radius 3 is 2.80 bits per heavy atom. The van der Waals surface area contributed by atoms with Crippen molar-refractivity contribution in [2.45, 2.75) is 13.8 Å². The molecule has 0 saturated heterocycles. The largest absolute Gasteiger partial charge is 0.491 e. The van der Waals surface area contributed by atoms with E-state index in [4.69, 9.17) is 4.74 Å². The number of aryl methyl sites for hydroxylation is 2. The number of non-ortho nitro benzene ring substituents is 1. The van der Waals surface area contributed by atoms with Crippen molar-refractivity contribution in [3.63, 3.8) is 0 Å². The molecule has 6 heteroatoms. The third kappa shape index (κ3) is 5.76. The molecule has 25 heavy (non-hydrogen) atoms. The summed E-state index contributed by atoms with van der Waals surface area (Å²) in [6.07, 6.45) is 2.88. The van der Waals surface area contributed by atoms with E-state index >= 15 is 0 Å². The van der Waals surface area contributed by atoms with Gasteiger partial charge in [-0.05, 0) is 42.7 Å². The lowest BCUT2D eigenvalue weighted by Gasteiger charge is -2.10. The standard InChI is InChI=1S/C19H20N2O4/c1-14-6-7-15(2)18(12-14)25-11-10-20-19(22)9-8-16-4-3-5-17(13-16)21(23)24/h3-9,12-13H,10-11H2,1-2H3,(H,20,22)/b9-8+. The Bertz CT molecular complexity index is 800. The zero-order chi connectivity index (χ0) is 18.2. The number of benzene rings is 2. The number of nitro groups is 1. The number of rotatable bonds is 7. The van der Waals surface area contributed by atoms with Crippen LogP contribution < -0.4 is 10.1 Å². The van der Waals surface area contributed by atoms with Gasteiger partial charge < -0.3 is 10.1 Å². The average Bonchev–Trinajstić information content (AvgIpc) is 2.60. The van der Waals surface area contributed by atoms with E-state index < -0.39 is 4.92 Å². The molecule has 0 aliphatic heterocycles. The van der Waals surface area contributed by atoms with Crippen molar-refractivity contribution >= 4 is 17.7 Å². The molecule has 0 heterocycles. The Hall–Kier alpha value is -3.15. The van der Waals surface area contributed by atoms with Crippen LogP contribution in [0.25, 0.3) is 6.08 Å². The van der Waals surface area contributed by atoms with Gasteiger partial charge in [-0.3, -0.25) is 14.9 Å². The topological polar surface area (TPSA) is 81.5 Å². The molecule has 1 N–H and O–H groups in total. The number of nitro benzene ring substituents is 1. The van der Waals surface area contributed by atoms with Gasteiger partial charge in [-0.25, -0.2) is 0 Å². The summed E-state index contributed by atoms with van der Waals surface area (Å²) in [4.78, 5) is 22.0. The molecule has 130 valence electrons. The Kier molecular flexibility index (Phi) is 6.28. The molecule has 2 aromatic carbocycles. The minimum atomic E-state index is -0.470. The van der Waals surface area contributed by atoms with Crippen molar-refractivity contribution in [1.29, 1.82) is 0 Å². The van der Waals surface area contributed by atoms with Crippen molar-refractivity contribution in [2.75, 3.05) is 13.2 Å². The zero-order valence-electron chi connectivity index (χ0n) is 14.2. The van der Waals surface area contributed by atoms with Crippen LogP contribution in [-0.4, -0.2) is 24.0 Å². The lowest BCUT2D eigenvalue weighted by atomic mass is 10.1. The molecule has 0 aliphatic rings.